The SMILES string of the molecule is CCNC(C1CCCC(CC)C1)C(C)(CC)OC. The minimum absolute atomic E-state index is 0.0176. The van der Waals surface area contributed by atoms with Crippen molar-refractivity contribution in [3.8, 4) is 0 Å². The lowest BCUT2D eigenvalue weighted by Crippen LogP contribution is -2.54. The van der Waals surface area contributed by atoms with Gasteiger partial charge in [-0.15, -0.1) is 0 Å². The van der Waals surface area contributed by atoms with E-state index in [1.54, 1.807) is 0 Å². The molecule has 1 N–H and O–H groups in total. The molecule has 0 radical (unpaired) electrons. The van der Waals surface area contributed by atoms with Crippen LogP contribution in [0.15, 0.2) is 0 Å². The van der Waals surface area contributed by atoms with E-state index in [-0.39, 0.29) is 5.60 Å². The quantitative estimate of drug-likeness (QED) is 0.742. The Labute approximate surface area is 114 Å². The predicted molar refractivity (Wildman–Crippen MR) is 78.9 cm³/mol. The van der Waals surface area contributed by atoms with E-state index in [9.17, 15) is 0 Å². The lowest BCUT2D eigenvalue weighted by molar-refractivity contribution is -0.0525. The van der Waals surface area contributed by atoms with Crippen molar-refractivity contribution in [1.82, 2.24) is 5.32 Å². The fourth-order valence-electron chi connectivity index (χ4n) is 3.60. The summed E-state index contributed by atoms with van der Waals surface area (Å²) in [6.45, 7) is 10.1. The molecule has 4 atom stereocenters. The van der Waals surface area contributed by atoms with Crippen LogP contribution >= 0.6 is 0 Å². The first-order valence-corrected chi connectivity index (χ1v) is 7.89. The third kappa shape index (κ3) is 3.71. The molecule has 0 heterocycles. The summed E-state index contributed by atoms with van der Waals surface area (Å²) in [6.07, 6.45) is 8.00. The van der Waals surface area contributed by atoms with Gasteiger partial charge in [0.2, 0.25) is 0 Å². The molecule has 1 saturated carbocycles. The molecule has 0 aromatic heterocycles. The van der Waals surface area contributed by atoms with Gasteiger partial charge in [-0.3, -0.25) is 0 Å². The normalized spacial score (nSPS) is 29.8. The van der Waals surface area contributed by atoms with E-state index in [1.165, 1.54) is 32.1 Å². The average molecular weight is 255 g/mol. The molecular weight excluding hydrogens is 222 g/mol. The van der Waals surface area contributed by atoms with Gasteiger partial charge in [0.05, 0.1) is 5.60 Å². The highest BCUT2D eigenvalue weighted by molar-refractivity contribution is 4.94. The summed E-state index contributed by atoms with van der Waals surface area (Å²) >= 11 is 0. The van der Waals surface area contributed by atoms with Crippen molar-refractivity contribution in [2.75, 3.05) is 13.7 Å². The van der Waals surface area contributed by atoms with E-state index in [4.69, 9.17) is 4.74 Å². The lowest BCUT2D eigenvalue weighted by Gasteiger charge is -2.44. The van der Waals surface area contributed by atoms with Gasteiger partial charge in [0, 0.05) is 13.2 Å². The maximum Gasteiger partial charge on any atom is 0.0803 e. The van der Waals surface area contributed by atoms with E-state index in [2.05, 4.69) is 33.0 Å². The van der Waals surface area contributed by atoms with Crippen molar-refractivity contribution in [2.45, 2.75) is 77.9 Å². The molecule has 2 nitrogen and oxygen atoms in total. The van der Waals surface area contributed by atoms with E-state index >= 15 is 0 Å². The number of hydrogen-bond acceptors (Lipinski definition) is 2. The topological polar surface area (TPSA) is 21.3 Å². The monoisotopic (exact) mass is 255 g/mol. The van der Waals surface area contributed by atoms with Gasteiger partial charge >= 0.3 is 0 Å². The van der Waals surface area contributed by atoms with Gasteiger partial charge in [0.1, 0.15) is 0 Å². The fourth-order valence-corrected chi connectivity index (χ4v) is 3.60. The molecule has 0 amide bonds. The molecule has 1 aliphatic carbocycles. The number of nitrogens with one attached hydrogen (secondary N) is 1. The molecule has 18 heavy (non-hydrogen) atoms. The van der Waals surface area contributed by atoms with Gasteiger partial charge in [-0.25, -0.2) is 0 Å². The highest BCUT2D eigenvalue weighted by Crippen LogP contribution is 2.37. The summed E-state index contributed by atoms with van der Waals surface area (Å²) in [5.74, 6) is 1.72. The Morgan fingerprint density at radius 1 is 1.28 bits per heavy atom. The Balaban J connectivity index is 2.76. The lowest BCUT2D eigenvalue weighted by atomic mass is 9.72. The predicted octanol–water partition coefficient (Wildman–Crippen LogP) is 4.00. The Bertz CT molecular complexity index is 225. The van der Waals surface area contributed by atoms with Crippen LogP contribution < -0.4 is 5.32 Å². The first-order chi connectivity index (χ1) is 8.61. The van der Waals surface area contributed by atoms with Crippen LogP contribution in [-0.2, 0) is 4.74 Å². The Kier molecular flexibility index (Phi) is 6.65. The number of hydrogen-bond donors (Lipinski definition) is 1. The number of rotatable bonds is 7. The number of likely N-dealkylation sites (N-methyl/N-ethyl adjacent to an activating group) is 1. The van der Waals surface area contributed by atoms with Crippen LogP contribution in [-0.4, -0.2) is 25.3 Å². The molecule has 0 aromatic carbocycles. The summed E-state index contributed by atoms with van der Waals surface area (Å²) in [6, 6.07) is 0.506. The van der Waals surface area contributed by atoms with Crippen LogP contribution in [0.2, 0.25) is 0 Å². The highest BCUT2D eigenvalue weighted by Gasteiger charge is 2.39. The van der Waals surface area contributed by atoms with E-state index in [0.29, 0.717) is 6.04 Å². The molecule has 1 rings (SSSR count). The second kappa shape index (κ2) is 7.49. The summed E-state index contributed by atoms with van der Waals surface area (Å²) in [7, 11) is 1.87. The Morgan fingerprint density at radius 3 is 2.50 bits per heavy atom. The fraction of sp³-hybridized carbons (Fsp3) is 1.00. The van der Waals surface area contributed by atoms with E-state index in [0.717, 1.165) is 24.8 Å². The zero-order chi connectivity index (χ0) is 13.6. The van der Waals surface area contributed by atoms with E-state index in [1.807, 2.05) is 7.11 Å². The zero-order valence-corrected chi connectivity index (χ0v) is 13.1. The average Bonchev–Trinajstić information content (AvgIpc) is 2.44. The van der Waals surface area contributed by atoms with Crippen LogP contribution in [0, 0.1) is 11.8 Å². The molecular formula is C16H33NO. The third-order valence-corrected chi connectivity index (χ3v) is 5.12. The van der Waals surface area contributed by atoms with Crippen molar-refractivity contribution >= 4 is 0 Å². The minimum atomic E-state index is -0.0176. The number of methoxy groups -OCH3 is 1. The third-order valence-electron chi connectivity index (χ3n) is 5.12. The van der Waals surface area contributed by atoms with Crippen LogP contribution in [0.25, 0.3) is 0 Å². The van der Waals surface area contributed by atoms with Crippen molar-refractivity contribution in [1.29, 1.82) is 0 Å². The van der Waals surface area contributed by atoms with Crippen molar-refractivity contribution < 1.29 is 4.74 Å². The molecule has 0 aliphatic heterocycles. The first kappa shape index (κ1) is 16.0. The van der Waals surface area contributed by atoms with Gasteiger partial charge in [-0.1, -0.05) is 40.0 Å². The minimum Gasteiger partial charge on any atom is -0.377 e. The van der Waals surface area contributed by atoms with Gasteiger partial charge < -0.3 is 10.1 Å². The molecule has 0 spiro atoms. The van der Waals surface area contributed by atoms with Gasteiger partial charge in [0.25, 0.3) is 0 Å². The largest absolute Gasteiger partial charge is 0.377 e. The molecule has 1 fully saturated rings. The highest BCUT2D eigenvalue weighted by atomic mass is 16.5. The van der Waals surface area contributed by atoms with Crippen LogP contribution in [0.1, 0.15) is 66.2 Å². The molecule has 2 heteroatoms. The van der Waals surface area contributed by atoms with E-state index < -0.39 is 0 Å². The molecule has 4 unspecified atom stereocenters. The molecule has 0 bridgehead atoms. The van der Waals surface area contributed by atoms with Crippen LogP contribution in [0.4, 0.5) is 0 Å². The summed E-state index contributed by atoms with van der Waals surface area (Å²) < 4.78 is 5.86. The van der Waals surface area contributed by atoms with Crippen molar-refractivity contribution in [2.24, 2.45) is 11.8 Å². The Morgan fingerprint density at radius 2 is 2.00 bits per heavy atom. The van der Waals surface area contributed by atoms with Crippen LogP contribution in [0.5, 0.6) is 0 Å². The molecule has 0 aromatic rings. The maximum absolute atomic E-state index is 5.86. The summed E-state index contributed by atoms with van der Waals surface area (Å²) in [5, 5.41) is 3.71. The molecule has 0 saturated heterocycles. The van der Waals surface area contributed by atoms with Gasteiger partial charge in [0.15, 0.2) is 0 Å². The van der Waals surface area contributed by atoms with Gasteiger partial charge in [-0.2, -0.15) is 0 Å². The standard InChI is InChI=1S/C16H33NO/c1-6-13-10-9-11-14(12-13)15(17-8-3)16(4,7-2)18-5/h13-15,17H,6-12H2,1-5H3. The first-order valence-electron chi connectivity index (χ1n) is 7.89. The zero-order valence-electron chi connectivity index (χ0n) is 13.1. The number of ether oxygens (including phenoxy) is 1. The van der Waals surface area contributed by atoms with Crippen LogP contribution in [0.3, 0.4) is 0 Å². The van der Waals surface area contributed by atoms with Crippen molar-refractivity contribution in [3.63, 3.8) is 0 Å². The summed E-state index contributed by atoms with van der Waals surface area (Å²) in [4.78, 5) is 0. The summed E-state index contributed by atoms with van der Waals surface area (Å²) in [5.41, 5.74) is -0.0176. The smallest absolute Gasteiger partial charge is 0.0803 e. The Hall–Kier alpha value is -0.0800. The maximum atomic E-state index is 5.86. The second-order valence-corrected chi connectivity index (χ2v) is 6.11. The molecule has 108 valence electrons. The molecule has 1 aliphatic rings. The van der Waals surface area contributed by atoms with Crippen molar-refractivity contribution in [3.05, 3.63) is 0 Å². The van der Waals surface area contributed by atoms with Gasteiger partial charge in [-0.05, 0) is 44.6 Å². The second-order valence-electron chi connectivity index (χ2n) is 6.11.